The van der Waals surface area contributed by atoms with E-state index in [1.165, 1.54) is 5.56 Å². The summed E-state index contributed by atoms with van der Waals surface area (Å²) in [5.41, 5.74) is 6.42. The maximum Gasteiger partial charge on any atom is 0.253 e. The second kappa shape index (κ2) is 11.7. The Balaban J connectivity index is 1.26. The average Bonchev–Trinajstić information content (AvgIpc) is 3.56. The number of para-hydroxylation sites is 1. The number of benzene rings is 4. The normalized spacial score (nSPS) is 15.0. The zero-order chi connectivity index (χ0) is 27.6. The van der Waals surface area contributed by atoms with Crippen molar-refractivity contribution in [2.45, 2.75) is 30.8 Å². The van der Waals surface area contributed by atoms with Crippen molar-refractivity contribution in [3.8, 4) is 0 Å². The summed E-state index contributed by atoms with van der Waals surface area (Å²) in [6.07, 6.45) is 2.81. The highest BCUT2D eigenvalue weighted by Crippen LogP contribution is 2.36. The van der Waals surface area contributed by atoms with Gasteiger partial charge in [0.05, 0.1) is 17.5 Å². The Morgan fingerprint density at radius 2 is 1.70 bits per heavy atom. The molecule has 0 radical (unpaired) electrons. The highest BCUT2D eigenvalue weighted by Gasteiger charge is 2.33. The fourth-order valence-electron chi connectivity index (χ4n) is 5.08. The Morgan fingerprint density at radius 1 is 0.975 bits per heavy atom. The van der Waals surface area contributed by atoms with Gasteiger partial charge in [0.25, 0.3) is 5.91 Å². The molecule has 4 nitrogen and oxygen atoms in total. The molecule has 1 aliphatic heterocycles. The van der Waals surface area contributed by atoms with Crippen molar-refractivity contribution < 1.29 is 4.79 Å². The van der Waals surface area contributed by atoms with Gasteiger partial charge in [-0.05, 0) is 47.9 Å². The van der Waals surface area contributed by atoms with Gasteiger partial charge in [-0.3, -0.25) is 4.79 Å². The van der Waals surface area contributed by atoms with E-state index in [2.05, 4.69) is 70.0 Å². The third kappa shape index (κ3) is 5.62. The number of carbonyl (C=O) groups is 1. The van der Waals surface area contributed by atoms with Crippen LogP contribution in [0.15, 0.2) is 118 Å². The minimum absolute atomic E-state index is 0.00868. The molecule has 4 aromatic carbocycles. The summed E-state index contributed by atoms with van der Waals surface area (Å²) in [4.78, 5) is 14.8. The van der Waals surface area contributed by atoms with Crippen molar-refractivity contribution >= 4 is 61.8 Å². The molecule has 2 heterocycles. The Labute approximate surface area is 251 Å². The molecular formula is C33H27BrClN3OS. The first-order chi connectivity index (χ1) is 19.5. The van der Waals surface area contributed by atoms with Crippen molar-refractivity contribution in [2.75, 3.05) is 5.75 Å². The second-order valence-corrected chi connectivity index (χ2v) is 12.3. The van der Waals surface area contributed by atoms with E-state index in [1.54, 1.807) is 16.8 Å². The number of amides is 1. The van der Waals surface area contributed by atoms with Crippen LogP contribution in [-0.4, -0.2) is 26.9 Å². The van der Waals surface area contributed by atoms with Gasteiger partial charge in [-0.2, -0.15) is 5.10 Å². The summed E-state index contributed by atoms with van der Waals surface area (Å²) in [6.45, 7) is 2.74. The van der Waals surface area contributed by atoms with E-state index in [-0.39, 0.29) is 11.9 Å². The fourth-order valence-corrected chi connectivity index (χ4v) is 6.48. The Morgan fingerprint density at radius 3 is 2.48 bits per heavy atom. The summed E-state index contributed by atoms with van der Waals surface area (Å²) in [7, 11) is 0. The van der Waals surface area contributed by atoms with E-state index in [1.807, 2.05) is 60.7 Å². The highest BCUT2D eigenvalue weighted by atomic mass is 79.9. The van der Waals surface area contributed by atoms with Crippen LogP contribution in [-0.2, 0) is 11.3 Å². The van der Waals surface area contributed by atoms with Crippen LogP contribution in [0.4, 0.5) is 0 Å². The van der Waals surface area contributed by atoms with E-state index in [0.717, 1.165) is 47.7 Å². The monoisotopic (exact) mass is 627 g/mol. The van der Waals surface area contributed by atoms with Gasteiger partial charge in [-0.25, -0.2) is 5.01 Å². The zero-order valence-corrected chi connectivity index (χ0v) is 25.1. The first-order valence-corrected chi connectivity index (χ1v) is 15.3. The number of fused-ring (bicyclic) bond motifs is 1. The number of thioether (sulfide) groups is 1. The van der Waals surface area contributed by atoms with Gasteiger partial charge in [0.2, 0.25) is 0 Å². The number of aromatic nitrogens is 1. The molecule has 0 fully saturated rings. The van der Waals surface area contributed by atoms with Gasteiger partial charge in [0.1, 0.15) is 0 Å². The number of carbonyl (C=O) groups excluding carboxylic acids is 1. The molecule has 0 N–H and O–H groups in total. The van der Waals surface area contributed by atoms with Crippen LogP contribution in [0.25, 0.3) is 10.9 Å². The second-order valence-electron chi connectivity index (χ2n) is 9.94. The quantitative estimate of drug-likeness (QED) is 0.169. The summed E-state index contributed by atoms with van der Waals surface area (Å²) in [5, 5.41) is 8.44. The third-order valence-electron chi connectivity index (χ3n) is 7.21. The number of hydrogen-bond donors (Lipinski definition) is 0. The van der Waals surface area contributed by atoms with E-state index in [4.69, 9.17) is 16.7 Å². The van der Waals surface area contributed by atoms with Crippen LogP contribution >= 0.6 is 39.3 Å². The van der Waals surface area contributed by atoms with Crippen LogP contribution in [0.1, 0.15) is 34.7 Å². The van der Waals surface area contributed by atoms with Crippen LogP contribution < -0.4 is 0 Å². The molecule has 7 heteroatoms. The Bertz CT molecular complexity index is 1710. The number of hydrogen-bond acceptors (Lipinski definition) is 3. The van der Waals surface area contributed by atoms with Crippen molar-refractivity contribution in [2.24, 2.45) is 5.10 Å². The largest absolute Gasteiger partial charge is 0.342 e. The number of aryl methyl sites for hydroxylation is 1. The van der Waals surface area contributed by atoms with Gasteiger partial charge < -0.3 is 4.57 Å². The van der Waals surface area contributed by atoms with Gasteiger partial charge in [-0.1, -0.05) is 106 Å². The lowest BCUT2D eigenvalue weighted by molar-refractivity contribution is -0.130. The molecule has 1 aromatic heterocycles. The number of rotatable bonds is 7. The first kappa shape index (κ1) is 26.9. The van der Waals surface area contributed by atoms with Crippen molar-refractivity contribution in [1.82, 2.24) is 9.58 Å². The predicted octanol–water partition coefficient (Wildman–Crippen LogP) is 8.88. The topological polar surface area (TPSA) is 37.6 Å². The van der Waals surface area contributed by atoms with Crippen molar-refractivity contribution in [3.63, 3.8) is 0 Å². The molecule has 0 aliphatic carbocycles. The van der Waals surface area contributed by atoms with Gasteiger partial charge in [0, 0.05) is 44.5 Å². The Hall–Kier alpha value is -3.32. The summed E-state index contributed by atoms with van der Waals surface area (Å²) < 4.78 is 3.22. The number of nitrogens with zero attached hydrogens (tertiary/aromatic N) is 3. The molecule has 40 heavy (non-hydrogen) atoms. The lowest BCUT2D eigenvalue weighted by Crippen LogP contribution is -2.28. The number of halogens is 2. The Kier molecular flexibility index (Phi) is 7.83. The summed E-state index contributed by atoms with van der Waals surface area (Å²) in [6, 6.07) is 32.6. The SMILES string of the molecule is Cc1ccc(C2CC(c3ccc(Br)cc3)=NN2C(=O)CSc2cn(Cc3ccccc3Cl)c3ccccc23)cc1. The van der Waals surface area contributed by atoms with E-state index in [0.29, 0.717) is 18.7 Å². The van der Waals surface area contributed by atoms with Crippen LogP contribution in [0.3, 0.4) is 0 Å². The summed E-state index contributed by atoms with van der Waals surface area (Å²) in [5.74, 6) is 0.283. The molecule has 0 bridgehead atoms. The minimum Gasteiger partial charge on any atom is -0.342 e. The molecule has 1 unspecified atom stereocenters. The lowest BCUT2D eigenvalue weighted by atomic mass is 9.98. The standard InChI is InChI=1S/C33H27BrClN3OS/c1-22-10-12-24(13-11-22)31-18-29(23-14-16-26(34)17-15-23)36-38(31)33(39)21-40-32-20-37(30-9-5-3-7-27(30)32)19-25-6-2-4-8-28(25)35/h2-17,20,31H,18-19,21H2,1H3. The maximum absolute atomic E-state index is 13.7. The molecule has 0 spiro atoms. The molecule has 6 rings (SSSR count). The highest BCUT2D eigenvalue weighted by molar-refractivity contribution is 9.10. The number of hydrazone groups is 1. The first-order valence-electron chi connectivity index (χ1n) is 13.1. The van der Waals surface area contributed by atoms with Crippen molar-refractivity contribution in [1.29, 1.82) is 0 Å². The summed E-state index contributed by atoms with van der Waals surface area (Å²) >= 11 is 11.5. The molecule has 0 saturated heterocycles. The molecule has 0 saturated carbocycles. The van der Waals surface area contributed by atoms with Gasteiger partial charge >= 0.3 is 0 Å². The predicted molar refractivity (Wildman–Crippen MR) is 169 cm³/mol. The average molecular weight is 629 g/mol. The van der Waals surface area contributed by atoms with E-state index < -0.39 is 0 Å². The van der Waals surface area contributed by atoms with E-state index in [9.17, 15) is 4.79 Å². The molecule has 5 aromatic rings. The van der Waals surface area contributed by atoms with Gasteiger partial charge in [0.15, 0.2) is 0 Å². The molecule has 200 valence electrons. The maximum atomic E-state index is 13.7. The lowest BCUT2D eigenvalue weighted by Gasteiger charge is -2.22. The molecule has 1 atom stereocenters. The molecular weight excluding hydrogens is 602 g/mol. The smallest absolute Gasteiger partial charge is 0.253 e. The van der Waals surface area contributed by atoms with Crippen molar-refractivity contribution in [3.05, 3.63) is 135 Å². The minimum atomic E-state index is -0.131. The zero-order valence-electron chi connectivity index (χ0n) is 21.9. The van der Waals surface area contributed by atoms with Crippen LogP contribution in [0, 0.1) is 6.92 Å². The van der Waals surface area contributed by atoms with Gasteiger partial charge in [-0.15, -0.1) is 11.8 Å². The van der Waals surface area contributed by atoms with Crippen LogP contribution in [0.2, 0.25) is 5.02 Å². The molecule has 1 aliphatic rings. The van der Waals surface area contributed by atoms with Crippen LogP contribution in [0.5, 0.6) is 0 Å². The fraction of sp³-hybridized carbons (Fsp3) is 0.152. The van der Waals surface area contributed by atoms with E-state index >= 15 is 0 Å². The third-order valence-corrected chi connectivity index (χ3v) is 9.13. The molecule has 1 amide bonds.